The molecule has 1 N–H and O–H groups in total. The van der Waals surface area contributed by atoms with Gasteiger partial charge in [-0.2, -0.15) is 0 Å². The Hall–Kier alpha value is -1.88. The van der Waals surface area contributed by atoms with Crippen molar-refractivity contribution in [1.29, 1.82) is 0 Å². The van der Waals surface area contributed by atoms with Crippen LogP contribution >= 0.6 is 0 Å². The Labute approximate surface area is 168 Å². The highest BCUT2D eigenvalue weighted by molar-refractivity contribution is 5.76. The van der Waals surface area contributed by atoms with Gasteiger partial charge in [-0.25, -0.2) is 0 Å². The average Bonchev–Trinajstić information content (AvgIpc) is 2.74. The van der Waals surface area contributed by atoms with E-state index in [4.69, 9.17) is 0 Å². The molecule has 1 atom stereocenters. The van der Waals surface area contributed by atoms with Crippen molar-refractivity contribution in [2.24, 2.45) is 0 Å². The maximum absolute atomic E-state index is 12.2. The van der Waals surface area contributed by atoms with E-state index in [1.165, 1.54) is 48.1 Å². The third-order valence-corrected chi connectivity index (χ3v) is 6.66. The predicted molar refractivity (Wildman–Crippen MR) is 107 cm³/mol. The summed E-state index contributed by atoms with van der Waals surface area (Å²) in [5, 5.41) is 10.5. The molecule has 0 aromatic heterocycles. The summed E-state index contributed by atoms with van der Waals surface area (Å²) in [6.07, 6.45) is 7.43. The molecule has 28 heavy (non-hydrogen) atoms. The minimum Gasteiger partial charge on any atom is -0.550 e. The molecule has 1 heterocycles. The number of hydrogen-bond donors (Lipinski definition) is 1. The van der Waals surface area contributed by atoms with E-state index in [9.17, 15) is 14.7 Å². The van der Waals surface area contributed by atoms with Crippen LogP contribution in [0, 0.1) is 0 Å². The minimum atomic E-state index is -1.08. The van der Waals surface area contributed by atoms with Crippen molar-refractivity contribution >= 4 is 11.9 Å². The van der Waals surface area contributed by atoms with Crippen LogP contribution in [0.1, 0.15) is 81.4 Å². The third kappa shape index (κ3) is 5.57. The molecule has 3 rings (SSSR count). The van der Waals surface area contributed by atoms with Crippen LogP contribution in [0.5, 0.6) is 0 Å². The van der Waals surface area contributed by atoms with Gasteiger partial charge in [-0.1, -0.05) is 43.5 Å². The summed E-state index contributed by atoms with van der Waals surface area (Å²) in [5.41, 5.74) is 2.88. The number of aliphatic carboxylic acids is 1. The number of benzene rings is 1. The average molecular weight is 387 g/mol. The van der Waals surface area contributed by atoms with E-state index in [1.807, 2.05) is 4.90 Å². The Morgan fingerprint density at radius 1 is 1.07 bits per heavy atom. The first kappa shape index (κ1) is 20.8. The largest absolute Gasteiger partial charge is 0.550 e. The molecule has 1 aromatic rings. The Bertz CT molecular complexity index is 644. The molecule has 0 radical (unpaired) electrons. The third-order valence-electron chi connectivity index (χ3n) is 6.66. The molecule has 0 bridgehead atoms. The summed E-state index contributed by atoms with van der Waals surface area (Å²) in [5.74, 6) is -0.257. The van der Waals surface area contributed by atoms with Crippen LogP contribution in [0.25, 0.3) is 0 Å². The van der Waals surface area contributed by atoms with Gasteiger partial charge < -0.3 is 19.7 Å². The van der Waals surface area contributed by atoms with E-state index >= 15 is 0 Å². The number of carboxylic acids is 1. The highest BCUT2D eigenvalue weighted by Gasteiger charge is 2.27. The molecular weight excluding hydrogens is 352 g/mol. The molecule has 1 aromatic carbocycles. The first-order valence-corrected chi connectivity index (χ1v) is 11.0. The topological polar surface area (TPSA) is 64.9 Å². The molecule has 1 amide bonds. The normalized spacial score (nSPS) is 20.1. The van der Waals surface area contributed by atoms with Gasteiger partial charge in [-0.05, 0) is 44.1 Å². The van der Waals surface area contributed by atoms with E-state index in [0.29, 0.717) is 18.9 Å². The van der Waals surface area contributed by atoms with Gasteiger partial charge in [-0.3, -0.25) is 4.79 Å². The number of quaternary nitrogens is 1. The number of hydrogen-bond acceptors (Lipinski definition) is 3. The first-order chi connectivity index (χ1) is 13.5. The number of carboxylic acid groups (broad SMARTS) is 1. The second-order valence-electron chi connectivity index (χ2n) is 8.49. The summed E-state index contributed by atoms with van der Waals surface area (Å²) < 4.78 is 0. The fraction of sp³-hybridized carbons (Fsp3) is 0.652. The molecule has 154 valence electrons. The van der Waals surface area contributed by atoms with E-state index < -0.39 is 5.97 Å². The zero-order valence-corrected chi connectivity index (χ0v) is 17.1. The summed E-state index contributed by atoms with van der Waals surface area (Å²) in [6, 6.07) is 9.70. The zero-order chi connectivity index (χ0) is 19.9. The van der Waals surface area contributed by atoms with Gasteiger partial charge in [-0.15, -0.1) is 0 Å². The highest BCUT2D eigenvalue weighted by Crippen LogP contribution is 2.32. The van der Waals surface area contributed by atoms with Crippen LogP contribution in [0.15, 0.2) is 24.3 Å². The van der Waals surface area contributed by atoms with Gasteiger partial charge in [0, 0.05) is 18.0 Å². The van der Waals surface area contributed by atoms with Crippen LogP contribution in [0.2, 0.25) is 0 Å². The van der Waals surface area contributed by atoms with Gasteiger partial charge in [0.1, 0.15) is 6.04 Å². The van der Waals surface area contributed by atoms with Gasteiger partial charge in [0.2, 0.25) is 5.91 Å². The molecule has 5 heteroatoms. The second kappa shape index (κ2) is 10.1. The van der Waals surface area contributed by atoms with Crippen LogP contribution < -0.4 is 10.0 Å². The van der Waals surface area contributed by atoms with E-state index in [1.54, 1.807) is 0 Å². The molecular formula is C23H34N2O3. The van der Waals surface area contributed by atoms with Crippen molar-refractivity contribution in [2.45, 2.75) is 70.3 Å². The summed E-state index contributed by atoms with van der Waals surface area (Å²) >= 11 is 0. The van der Waals surface area contributed by atoms with Gasteiger partial charge in [0.05, 0.1) is 26.2 Å². The number of piperazine rings is 1. The lowest BCUT2D eigenvalue weighted by atomic mass is 9.83. The fourth-order valence-electron chi connectivity index (χ4n) is 4.75. The predicted octanol–water partition coefficient (Wildman–Crippen LogP) is 1.44. The molecule has 1 aliphatic heterocycles. The summed E-state index contributed by atoms with van der Waals surface area (Å²) in [4.78, 5) is 26.1. The minimum absolute atomic E-state index is 0.0369. The first-order valence-electron chi connectivity index (χ1n) is 11.0. The van der Waals surface area contributed by atoms with Gasteiger partial charge >= 0.3 is 0 Å². The Balaban J connectivity index is 1.47. The van der Waals surface area contributed by atoms with Gasteiger partial charge in [0.25, 0.3) is 0 Å². The number of nitrogens with zero attached hydrogens (tertiary/aromatic N) is 1. The molecule has 0 unspecified atom stereocenters. The fourth-order valence-corrected chi connectivity index (χ4v) is 4.75. The van der Waals surface area contributed by atoms with E-state index in [2.05, 4.69) is 31.2 Å². The van der Waals surface area contributed by atoms with Crippen molar-refractivity contribution in [3.05, 3.63) is 35.4 Å². The van der Waals surface area contributed by atoms with Crippen molar-refractivity contribution in [3.8, 4) is 0 Å². The van der Waals surface area contributed by atoms with Crippen LogP contribution in [0.4, 0.5) is 0 Å². The summed E-state index contributed by atoms with van der Waals surface area (Å²) in [7, 11) is 0. The Morgan fingerprint density at radius 3 is 2.32 bits per heavy atom. The Kier molecular flexibility index (Phi) is 7.49. The molecule has 1 aliphatic carbocycles. The number of carbonyl (C=O) groups is 2. The maximum atomic E-state index is 12.2. The van der Waals surface area contributed by atoms with Crippen LogP contribution in [-0.4, -0.2) is 43.0 Å². The van der Waals surface area contributed by atoms with Crippen LogP contribution in [-0.2, 0) is 9.59 Å². The van der Waals surface area contributed by atoms with Crippen molar-refractivity contribution in [1.82, 2.24) is 4.90 Å². The zero-order valence-electron chi connectivity index (χ0n) is 17.1. The smallest absolute Gasteiger partial charge is 0.222 e. The van der Waals surface area contributed by atoms with Gasteiger partial charge in [0.15, 0.2) is 0 Å². The van der Waals surface area contributed by atoms with Crippen molar-refractivity contribution in [3.63, 3.8) is 0 Å². The van der Waals surface area contributed by atoms with E-state index in [-0.39, 0.29) is 12.3 Å². The SMILES string of the molecule is C[C@H](c1ccc(C2CCCCC2)cc1)[NH+]1CCN(C(=O)CCCC(=O)[O-])CC1. The molecule has 2 aliphatic rings. The molecule has 2 fully saturated rings. The quantitative estimate of drug-likeness (QED) is 0.771. The lowest BCUT2D eigenvalue weighted by Gasteiger charge is -2.35. The number of carbonyl (C=O) groups excluding carboxylic acids is 2. The molecule has 1 saturated heterocycles. The van der Waals surface area contributed by atoms with Crippen molar-refractivity contribution < 1.29 is 19.6 Å². The monoisotopic (exact) mass is 386 g/mol. The van der Waals surface area contributed by atoms with Crippen LogP contribution in [0.3, 0.4) is 0 Å². The van der Waals surface area contributed by atoms with E-state index in [0.717, 1.165) is 32.1 Å². The summed E-state index contributed by atoms with van der Waals surface area (Å²) in [6.45, 7) is 5.67. The van der Waals surface area contributed by atoms with Crippen molar-refractivity contribution in [2.75, 3.05) is 26.2 Å². The maximum Gasteiger partial charge on any atom is 0.222 e. The molecule has 5 nitrogen and oxygen atoms in total. The number of rotatable bonds is 7. The number of amides is 1. The molecule has 0 spiro atoms. The lowest BCUT2D eigenvalue weighted by Crippen LogP contribution is -3.14. The molecule has 1 saturated carbocycles. The highest BCUT2D eigenvalue weighted by atomic mass is 16.4. The number of nitrogens with one attached hydrogen (secondary N) is 1. The second-order valence-corrected chi connectivity index (χ2v) is 8.49. The standard InChI is InChI=1S/C23H34N2O3/c1-18(19-10-12-21(13-11-19)20-6-3-2-4-7-20)24-14-16-25(17-15-24)22(26)8-5-9-23(27)28/h10-13,18,20H,2-9,14-17H2,1H3,(H,27,28)/t18-/m1/s1. The lowest BCUT2D eigenvalue weighted by molar-refractivity contribution is -0.933. The Morgan fingerprint density at radius 2 is 1.71 bits per heavy atom.